The minimum absolute atomic E-state index is 0. The van der Waals surface area contributed by atoms with Crippen molar-refractivity contribution in [3.05, 3.63) is 23.3 Å². The molecule has 0 saturated carbocycles. The lowest BCUT2D eigenvalue weighted by Gasteiger charge is -2.35. The Morgan fingerprint density at radius 3 is 2.66 bits per heavy atom. The van der Waals surface area contributed by atoms with E-state index in [0.29, 0.717) is 38.4 Å². The first-order valence-corrected chi connectivity index (χ1v) is 9.21. The van der Waals surface area contributed by atoms with Crippen LogP contribution in [0.1, 0.15) is 23.4 Å². The van der Waals surface area contributed by atoms with Crippen molar-refractivity contribution < 1.29 is 18.0 Å². The molecule has 29 heavy (non-hydrogen) atoms. The number of hydrogen-bond donors (Lipinski definition) is 2. The Morgan fingerprint density at radius 2 is 2.00 bits per heavy atom. The van der Waals surface area contributed by atoms with Gasteiger partial charge in [0.25, 0.3) is 5.78 Å². The van der Waals surface area contributed by atoms with Gasteiger partial charge in [-0.1, -0.05) is 0 Å². The third kappa shape index (κ3) is 5.55. The van der Waals surface area contributed by atoms with E-state index < -0.39 is 24.7 Å². The van der Waals surface area contributed by atoms with Crippen molar-refractivity contribution in [2.75, 3.05) is 32.7 Å². The monoisotopic (exact) mass is 435 g/mol. The third-order valence-corrected chi connectivity index (χ3v) is 5.05. The zero-order chi connectivity index (χ0) is 20.3. The summed E-state index contributed by atoms with van der Waals surface area (Å²) in [6.07, 6.45) is -2.54. The van der Waals surface area contributed by atoms with Crippen LogP contribution in [-0.2, 0) is 11.2 Å². The van der Waals surface area contributed by atoms with Crippen LogP contribution < -0.4 is 10.6 Å². The maximum atomic E-state index is 13.4. The Labute approximate surface area is 172 Å². The maximum absolute atomic E-state index is 13.4. The van der Waals surface area contributed by atoms with E-state index in [4.69, 9.17) is 0 Å². The van der Waals surface area contributed by atoms with Crippen LogP contribution in [0.5, 0.6) is 0 Å². The smallest absolute Gasteiger partial charge is 0.354 e. The molecule has 3 heterocycles. The molecule has 1 fully saturated rings. The SMILES string of the molecule is Cc1nc2ncnn2c(C)c1CCC(=O)NCC(N1CCNCC1)C(F)(F)F.Cl. The van der Waals surface area contributed by atoms with E-state index in [2.05, 4.69) is 25.7 Å². The van der Waals surface area contributed by atoms with Gasteiger partial charge < -0.3 is 10.6 Å². The number of amides is 1. The normalized spacial score (nSPS) is 16.4. The van der Waals surface area contributed by atoms with Gasteiger partial charge in [0.15, 0.2) is 0 Å². The number of fused-ring (bicyclic) bond motifs is 1. The standard InChI is InChI=1S/C17H24F3N7O.ClH/c1-11-13(12(2)27-16(25-11)23-10-24-27)3-4-15(28)22-9-14(17(18,19)20)26-7-5-21-6-8-26;/h10,14,21H,3-9H2,1-2H3,(H,22,28);1H. The fourth-order valence-electron chi connectivity index (χ4n) is 3.50. The van der Waals surface area contributed by atoms with E-state index >= 15 is 0 Å². The summed E-state index contributed by atoms with van der Waals surface area (Å²) < 4.78 is 41.8. The van der Waals surface area contributed by atoms with E-state index in [1.807, 2.05) is 13.8 Å². The van der Waals surface area contributed by atoms with Crippen molar-refractivity contribution in [1.29, 1.82) is 0 Å². The number of aromatic nitrogens is 4. The average molecular weight is 436 g/mol. The molecule has 0 radical (unpaired) electrons. The molecule has 1 amide bonds. The van der Waals surface area contributed by atoms with Crippen LogP contribution in [0.2, 0.25) is 0 Å². The van der Waals surface area contributed by atoms with Crippen molar-refractivity contribution in [2.45, 2.75) is 38.9 Å². The Morgan fingerprint density at radius 1 is 1.31 bits per heavy atom. The number of halogens is 4. The number of hydrogen-bond acceptors (Lipinski definition) is 6. The van der Waals surface area contributed by atoms with E-state index in [1.165, 1.54) is 11.2 Å². The molecule has 0 bridgehead atoms. The fraction of sp³-hybridized carbons (Fsp3) is 0.647. The van der Waals surface area contributed by atoms with E-state index in [1.54, 1.807) is 4.52 Å². The topological polar surface area (TPSA) is 87.4 Å². The maximum Gasteiger partial charge on any atom is 0.405 e. The molecule has 1 unspecified atom stereocenters. The fourth-order valence-corrected chi connectivity index (χ4v) is 3.50. The van der Waals surface area contributed by atoms with Crippen LogP contribution in [-0.4, -0.2) is 75.3 Å². The number of nitrogens with zero attached hydrogens (tertiary/aromatic N) is 5. The van der Waals surface area contributed by atoms with E-state index in [-0.39, 0.29) is 18.8 Å². The van der Waals surface area contributed by atoms with Crippen molar-refractivity contribution in [3.63, 3.8) is 0 Å². The quantitative estimate of drug-likeness (QED) is 0.705. The molecule has 162 valence electrons. The number of nitrogens with one attached hydrogen (secondary N) is 2. The first-order chi connectivity index (χ1) is 13.3. The molecule has 8 nitrogen and oxygen atoms in total. The van der Waals surface area contributed by atoms with Crippen LogP contribution in [0.4, 0.5) is 13.2 Å². The summed E-state index contributed by atoms with van der Waals surface area (Å²) >= 11 is 0. The van der Waals surface area contributed by atoms with Crippen molar-refractivity contribution >= 4 is 24.1 Å². The minimum Gasteiger partial charge on any atom is -0.354 e. The molecular weight excluding hydrogens is 411 g/mol. The van der Waals surface area contributed by atoms with E-state index in [0.717, 1.165) is 17.0 Å². The van der Waals surface area contributed by atoms with Crippen LogP contribution >= 0.6 is 12.4 Å². The van der Waals surface area contributed by atoms with Crippen LogP contribution in [0, 0.1) is 13.8 Å². The lowest BCUT2D eigenvalue weighted by Crippen LogP contribution is -2.57. The second-order valence-electron chi connectivity index (χ2n) is 6.88. The minimum atomic E-state index is -4.39. The number of carbonyl (C=O) groups excluding carboxylic acids is 1. The van der Waals surface area contributed by atoms with Gasteiger partial charge in [-0.25, -0.2) is 9.50 Å². The first-order valence-electron chi connectivity index (χ1n) is 9.21. The Bertz CT molecular complexity index is 836. The number of carbonyl (C=O) groups is 1. The molecule has 1 atom stereocenters. The highest BCUT2D eigenvalue weighted by Crippen LogP contribution is 2.25. The average Bonchev–Trinajstić information content (AvgIpc) is 3.10. The zero-order valence-electron chi connectivity index (χ0n) is 16.3. The molecule has 1 saturated heterocycles. The third-order valence-electron chi connectivity index (χ3n) is 5.05. The predicted molar refractivity (Wildman–Crippen MR) is 103 cm³/mol. The second kappa shape index (κ2) is 9.68. The highest BCUT2D eigenvalue weighted by molar-refractivity contribution is 5.85. The summed E-state index contributed by atoms with van der Waals surface area (Å²) in [6, 6.07) is -1.67. The molecule has 2 N–H and O–H groups in total. The highest BCUT2D eigenvalue weighted by atomic mass is 35.5. The summed E-state index contributed by atoms with van der Waals surface area (Å²) in [5, 5.41) is 9.58. The first kappa shape index (κ1) is 23.3. The van der Waals surface area contributed by atoms with Crippen LogP contribution in [0.15, 0.2) is 6.33 Å². The van der Waals surface area contributed by atoms with Gasteiger partial charge in [0, 0.05) is 50.5 Å². The predicted octanol–water partition coefficient (Wildman–Crippen LogP) is 1.05. The lowest BCUT2D eigenvalue weighted by atomic mass is 10.1. The Balaban J connectivity index is 0.00000300. The number of rotatable bonds is 6. The number of piperazine rings is 1. The van der Waals surface area contributed by atoms with E-state index in [9.17, 15) is 18.0 Å². The molecule has 2 aromatic rings. The lowest BCUT2D eigenvalue weighted by molar-refractivity contribution is -0.184. The van der Waals surface area contributed by atoms with Crippen molar-refractivity contribution in [3.8, 4) is 0 Å². The molecular formula is C17H25ClF3N7O. The van der Waals surface area contributed by atoms with Crippen molar-refractivity contribution in [2.24, 2.45) is 0 Å². The molecule has 1 aliphatic rings. The van der Waals surface area contributed by atoms with Crippen LogP contribution in [0.3, 0.4) is 0 Å². The number of aryl methyl sites for hydroxylation is 2. The number of alkyl halides is 3. The molecule has 1 aliphatic heterocycles. The Kier molecular flexibility index (Phi) is 7.78. The van der Waals surface area contributed by atoms with Gasteiger partial charge in [-0.2, -0.15) is 23.3 Å². The Hall–Kier alpha value is -1.98. The molecule has 0 aromatic carbocycles. The van der Waals surface area contributed by atoms with Gasteiger partial charge >= 0.3 is 6.18 Å². The largest absolute Gasteiger partial charge is 0.405 e. The molecule has 0 aliphatic carbocycles. The van der Waals surface area contributed by atoms with Gasteiger partial charge in [-0.05, 0) is 25.8 Å². The molecule has 2 aromatic heterocycles. The van der Waals surface area contributed by atoms with Crippen molar-refractivity contribution in [1.82, 2.24) is 35.1 Å². The zero-order valence-corrected chi connectivity index (χ0v) is 17.1. The molecule has 0 spiro atoms. The summed E-state index contributed by atoms with van der Waals surface area (Å²) in [7, 11) is 0. The molecule has 12 heteroatoms. The summed E-state index contributed by atoms with van der Waals surface area (Å²) in [4.78, 5) is 21.9. The second-order valence-corrected chi connectivity index (χ2v) is 6.88. The van der Waals surface area contributed by atoms with Crippen LogP contribution in [0.25, 0.3) is 5.78 Å². The van der Waals surface area contributed by atoms with Gasteiger partial charge in [-0.15, -0.1) is 12.4 Å². The van der Waals surface area contributed by atoms with Gasteiger partial charge in [0.1, 0.15) is 12.4 Å². The molecule has 3 rings (SSSR count). The van der Waals surface area contributed by atoms with Gasteiger partial charge in [-0.3, -0.25) is 9.69 Å². The summed E-state index contributed by atoms with van der Waals surface area (Å²) in [5.74, 6) is 0.0640. The summed E-state index contributed by atoms with van der Waals surface area (Å²) in [5.41, 5.74) is 2.41. The summed E-state index contributed by atoms with van der Waals surface area (Å²) in [6.45, 7) is 4.87. The highest BCUT2D eigenvalue weighted by Gasteiger charge is 2.43. The van der Waals surface area contributed by atoms with Gasteiger partial charge in [0.2, 0.25) is 5.91 Å². The van der Waals surface area contributed by atoms with Gasteiger partial charge in [0.05, 0.1) is 0 Å².